The Labute approximate surface area is 121 Å². The van der Waals surface area contributed by atoms with Crippen LogP contribution >= 0.6 is 0 Å². The van der Waals surface area contributed by atoms with Crippen LogP contribution in [-0.2, 0) is 6.42 Å². The summed E-state index contributed by atoms with van der Waals surface area (Å²) in [6.07, 6.45) is 2.64. The van der Waals surface area contributed by atoms with E-state index in [2.05, 4.69) is 10.3 Å². The number of hydrogen-bond acceptors (Lipinski definition) is 3. The molecule has 3 rings (SSSR count). The number of hydrogen-bond donors (Lipinski definition) is 2. The first-order chi connectivity index (χ1) is 10.2. The molecule has 106 valence electrons. The number of fused-ring (bicyclic) bond motifs is 1. The number of anilines is 1. The molecular weight excluding hydrogens is 269 g/mol. The van der Waals surface area contributed by atoms with Gasteiger partial charge in [-0.15, -0.1) is 0 Å². The number of nitrogens with zero attached hydrogens (tertiary/aromatic N) is 1. The number of rotatable bonds is 2. The molecule has 0 amide bonds. The van der Waals surface area contributed by atoms with E-state index in [4.69, 9.17) is 5.26 Å². The van der Waals surface area contributed by atoms with Gasteiger partial charge in [-0.1, -0.05) is 6.07 Å². The van der Waals surface area contributed by atoms with Gasteiger partial charge in [0.15, 0.2) is 0 Å². The predicted octanol–water partition coefficient (Wildman–Crippen LogP) is 2.88. The Morgan fingerprint density at radius 1 is 1.33 bits per heavy atom. The number of pyridine rings is 1. The van der Waals surface area contributed by atoms with Crippen LogP contribution in [0.25, 0.3) is 0 Å². The zero-order valence-electron chi connectivity index (χ0n) is 11.3. The average molecular weight is 283 g/mol. The van der Waals surface area contributed by atoms with Crippen molar-refractivity contribution in [1.29, 1.82) is 5.26 Å². The van der Waals surface area contributed by atoms with Gasteiger partial charge in [0.25, 0.3) is 0 Å². The topological polar surface area (TPSA) is 68.7 Å². The Bertz CT molecular complexity index is 776. The van der Waals surface area contributed by atoms with Gasteiger partial charge < -0.3 is 10.3 Å². The highest BCUT2D eigenvalue weighted by Gasteiger charge is 2.22. The molecule has 1 atom stereocenters. The standard InChI is InChI=1S/C16H14FN3O/c17-12-3-1-4-15(11(12)9-18)19-13-5-2-6-14-10(13)7-8-16(21)20-14/h1,3-4,7-8,13,19H,2,5-6H2,(H,20,21). The summed E-state index contributed by atoms with van der Waals surface area (Å²) in [4.78, 5) is 14.2. The van der Waals surface area contributed by atoms with Gasteiger partial charge in [-0.05, 0) is 43.0 Å². The molecule has 0 spiro atoms. The summed E-state index contributed by atoms with van der Waals surface area (Å²) in [5.74, 6) is -0.528. The maximum absolute atomic E-state index is 13.6. The summed E-state index contributed by atoms with van der Waals surface area (Å²) in [6, 6.07) is 9.71. The van der Waals surface area contributed by atoms with Crippen LogP contribution in [0.4, 0.5) is 10.1 Å². The van der Waals surface area contributed by atoms with Crippen LogP contribution < -0.4 is 10.9 Å². The molecule has 1 aromatic carbocycles. The Kier molecular flexibility index (Phi) is 3.44. The van der Waals surface area contributed by atoms with E-state index in [1.807, 2.05) is 6.07 Å². The number of halogens is 1. The summed E-state index contributed by atoms with van der Waals surface area (Å²) < 4.78 is 13.6. The van der Waals surface area contributed by atoms with Crippen LogP contribution in [0.3, 0.4) is 0 Å². The normalized spacial score (nSPS) is 16.9. The molecule has 0 bridgehead atoms. The first kappa shape index (κ1) is 13.4. The van der Waals surface area contributed by atoms with Crippen LogP contribution in [0.1, 0.15) is 35.7 Å². The smallest absolute Gasteiger partial charge is 0.248 e. The molecule has 1 heterocycles. The molecule has 0 fully saturated rings. The van der Waals surface area contributed by atoms with E-state index >= 15 is 0 Å². The lowest BCUT2D eigenvalue weighted by atomic mass is 9.91. The van der Waals surface area contributed by atoms with Gasteiger partial charge in [-0.25, -0.2) is 4.39 Å². The average Bonchev–Trinajstić information content (AvgIpc) is 2.47. The van der Waals surface area contributed by atoms with E-state index in [0.29, 0.717) is 5.69 Å². The molecule has 5 heteroatoms. The van der Waals surface area contributed by atoms with E-state index in [-0.39, 0.29) is 17.2 Å². The molecule has 4 nitrogen and oxygen atoms in total. The Balaban J connectivity index is 1.96. The zero-order valence-corrected chi connectivity index (χ0v) is 11.3. The summed E-state index contributed by atoms with van der Waals surface area (Å²) in [6.45, 7) is 0. The fourth-order valence-corrected chi connectivity index (χ4v) is 2.80. The number of H-pyrrole nitrogens is 1. The molecule has 1 unspecified atom stereocenters. The van der Waals surface area contributed by atoms with Gasteiger partial charge in [-0.3, -0.25) is 4.79 Å². The van der Waals surface area contributed by atoms with Crippen LogP contribution in [0.2, 0.25) is 0 Å². The highest BCUT2D eigenvalue weighted by Crippen LogP contribution is 2.32. The van der Waals surface area contributed by atoms with Crippen molar-refractivity contribution in [3.05, 3.63) is 63.3 Å². The minimum atomic E-state index is -0.528. The van der Waals surface area contributed by atoms with Crippen molar-refractivity contribution in [1.82, 2.24) is 4.98 Å². The lowest BCUT2D eigenvalue weighted by Gasteiger charge is -2.27. The number of nitriles is 1. The van der Waals surface area contributed by atoms with Crippen molar-refractivity contribution in [2.75, 3.05) is 5.32 Å². The molecule has 1 aliphatic rings. The second kappa shape index (κ2) is 5.41. The van der Waals surface area contributed by atoms with Gasteiger partial charge in [0, 0.05) is 11.8 Å². The minimum Gasteiger partial charge on any atom is -0.377 e. The van der Waals surface area contributed by atoms with Crippen molar-refractivity contribution in [3.8, 4) is 6.07 Å². The van der Waals surface area contributed by atoms with Crippen molar-refractivity contribution in [3.63, 3.8) is 0 Å². The van der Waals surface area contributed by atoms with E-state index in [1.54, 1.807) is 18.2 Å². The predicted molar refractivity (Wildman–Crippen MR) is 77.5 cm³/mol. The van der Waals surface area contributed by atoms with Crippen molar-refractivity contribution in [2.45, 2.75) is 25.3 Å². The van der Waals surface area contributed by atoms with Gasteiger partial charge in [0.1, 0.15) is 17.4 Å². The molecule has 1 aliphatic carbocycles. The van der Waals surface area contributed by atoms with Gasteiger partial charge in [0.2, 0.25) is 5.56 Å². The van der Waals surface area contributed by atoms with Crippen LogP contribution in [0.15, 0.2) is 35.1 Å². The number of aromatic nitrogens is 1. The SMILES string of the molecule is N#Cc1c(F)cccc1NC1CCCc2[nH]c(=O)ccc21. The fraction of sp³-hybridized carbons (Fsp3) is 0.250. The zero-order chi connectivity index (χ0) is 14.8. The van der Waals surface area contributed by atoms with E-state index in [0.717, 1.165) is 30.5 Å². The largest absolute Gasteiger partial charge is 0.377 e. The Morgan fingerprint density at radius 2 is 2.19 bits per heavy atom. The molecular formula is C16H14FN3O. The second-order valence-electron chi connectivity index (χ2n) is 5.12. The lowest BCUT2D eigenvalue weighted by Crippen LogP contribution is -2.22. The number of nitrogens with one attached hydrogen (secondary N) is 2. The van der Waals surface area contributed by atoms with Crippen LogP contribution in [0.5, 0.6) is 0 Å². The minimum absolute atomic E-state index is 0.0223. The lowest BCUT2D eigenvalue weighted by molar-refractivity contribution is 0.584. The maximum atomic E-state index is 13.6. The van der Waals surface area contributed by atoms with Crippen molar-refractivity contribution < 1.29 is 4.39 Å². The Hall–Kier alpha value is -2.61. The van der Waals surface area contributed by atoms with Crippen molar-refractivity contribution in [2.24, 2.45) is 0 Å². The van der Waals surface area contributed by atoms with Gasteiger partial charge in [0.05, 0.1) is 11.7 Å². The fourth-order valence-electron chi connectivity index (χ4n) is 2.80. The van der Waals surface area contributed by atoms with Crippen LogP contribution in [-0.4, -0.2) is 4.98 Å². The molecule has 2 N–H and O–H groups in total. The molecule has 1 aromatic heterocycles. The summed E-state index contributed by atoms with van der Waals surface area (Å²) in [5.41, 5.74) is 2.32. The summed E-state index contributed by atoms with van der Waals surface area (Å²) >= 11 is 0. The highest BCUT2D eigenvalue weighted by molar-refractivity contribution is 5.59. The number of aromatic amines is 1. The maximum Gasteiger partial charge on any atom is 0.248 e. The van der Waals surface area contributed by atoms with E-state index < -0.39 is 5.82 Å². The summed E-state index contributed by atoms with van der Waals surface area (Å²) in [5, 5.41) is 12.3. The molecule has 2 aromatic rings. The quantitative estimate of drug-likeness (QED) is 0.890. The van der Waals surface area contributed by atoms with Crippen molar-refractivity contribution >= 4 is 5.69 Å². The highest BCUT2D eigenvalue weighted by atomic mass is 19.1. The van der Waals surface area contributed by atoms with Gasteiger partial charge in [-0.2, -0.15) is 5.26 Å². The Morgan fingerprint density at radius 3 is 3.00 bits per heavy atom. The third kappa shape index (κ3) is 2.52. The molecule has 0 radical (unpaired) electrons. The third-order valence-corrected chi connectivity index (χ3v) is 3.79. The van der Waals surface area contributed by atoms with E-state index in [1.165, 1.54) is 12.1 Å². The molecule has 21 heavy (non-hydrogen) atoms. The molecule has 0 aliphatic heterocycles. The molecule has 0 saturated carbocycles. The molecule has 0 saturated heterocycles. The third-order valence-electron chi connectivity index (χ3n) is 3.79. The van der Waals surface area contributed by atoms with Crippen LogP contribution in [0, 0.1) is 17.1 Å². The first-order valence-corrected chi connectivity index (χ1v) is 6.86. The second-order valence-corrected chi connectivity index (χ2v) is 5.12. The summed E-state index contributed by atoms with van der Waals surface area (Å²) in [7, 11) is 0. The van der Waals surface area contributed by atoms with E-state index in [9.17, 15) is 9.18 Å². The number of aryl methyl sites for hydroxylation is 1. The van der Waals surface area contributed by atoms with Gasteiger partial charge >= 0.3 is 0 Å². The monoisotopic (exact) mass is 283 g/mol. The first-order valence-electron chi connectivity index (χ1n) is 6.86. The number of benzene rings is 1.